The average molecular weight is 961 g/mol. The van der Waals surface area contributed by atoms with Gasteiger partial charge in [-0.3, -0.25) is 4.79 Å². The minimum atomic E-state index is -0.534. The van der Waals surface area contributed by atoms with Gasteiger partial charge in [0.25, 0.3) is 11.8 Å². The highest BCUT2D eigenvalue weighted by Gasteiger charge is 2.33. The Morgan fingerprint density at radius 1 is 0.623 bits per heavy atom. The van der Waals surface area contributed by atoms with Crippen LogP contribution in [0.4, 0.5) is 9.59 Å². The first-order valence-electron chi connectivity index (χ1n) is 22.9. The molecule has 0 aliphatic heterocycles. The van der Waals surface area contributed by atoms with E-state index in [9.17, 15) is 14.4 Å². The van der Waals surface area contributed by atoms with Crippen LogP contribution in [0.1, 0.15) is 96.0 Å². The summed E-state index contributed by atoms with van der Waals surface area (Å²) in [4.78, 5) is 34.5. The van der Waals surface area contributed by atoms with E-state index in [1.54, 1.807) is 58.8 Å². The molecule has 2 saturated carbocycles. The molecule has 0 bridgehead atoms. The number of benzene rings is 2. The Morgan fingerprint density at radius 2 is 1.07 bits per heavy atom. The maximum atomic E-state index is 12.3. The molecule has 2 fully saturated rings. The Bertz CT molecular complexity index is 2220. The van der Waals surface area contributed by atoms with Crippen LogP contribution in [-0.4, -0.2) is 129 Å². The fourth-order valence-corrected chi connectivity index (χ4v) is 7.66. The molecule has 2 amide bonds. The van der Waals surface area contributed by atoms with E-state index in [-0.39, 0.29) is 36.4 Å². The summed E-state index contributed by atoms with van der Waals surface area (Å²) in [7, 11) is 9.50. The van der Waals surface area contributed by atoms with E-state index in [1.165, 1.54) is 14.2 Å². The molecule has 6 atom stereocenters. The molecule has 0 saturated heterocycles. The Hall–Kier alpha value is -6.15. The summed E-state index contributed by atoms with van der Waals surface area (Å²) in [5.41, 5.74) is 9.82. The number of hydrogen-bond donors (Lipinski definition) is 4. The number of carbonyl (C=O) groups is 3. The zero-order chi connectivity index (χ0) is 50.7. The highest BCUT2D eigenvalue weighted by molar-refractivity contribution is 5.76. The molecule has 5 N–H and O–H groups in total. The minimum Gasteiger partial charge on any atom is -0.491 e. The molecule has 378 valence electrons. The molecule has 19 heteroatoms. The van der Waals surface area contributed by atoms with Gasteiger partial charge in [-0.25, -0.2) is 9.59 Å². The fraction of sp³-hybridized carbons (Fsp3) is 0.540. The lowest BCUT2D eigenvalue weighted by molar-refractivity contribution is 0.0160. The van der Waals surface area contributed by atoms with Crippen molar-refractivity contribution in [2.45, 2.75) is 134 Å². The van der Waals surface area contributed by atoms with E-state index < -0.39 is 23.4 Å². The summed E-state index contributed by atoms with van der Waals surface area (Å²) in [6, 6.07) is 19.0. The number of nitrogens with two attached hydrogens (primary N) is 1. The molecule has 19 nitrogen and oxygen atoms in total. The van der Waals surface area contributed by atoms with Crippen molar-refractivity contribution in [3.63, 3.8) is 0 Å². The SMILES string of the molecule is CO[C@H]1CC[C@H](N)C[C@@H]1NC(=O)OC(C)(C)C.COc1cc(-c2ccc(C=O)cc2)nnc1OC.COc1cc(-c2ccc(CN[C@H]3CC[C@H](OC)[C@@H](NC(=O)OC(C)(C)C)C3)cc2)nnc1OC. The quantitative estimate of drug-likeness (QED) is 0.0923. The number of carbonyl (C=O) groups excluding carboxylic acids is 3. The third kappa shape index (κ3) is 18.0. The van der Waals surface area contributed by atoms with Gasteiger partial charge in [0.2, 0.25) is 0 Å². The van der Waals surface area contributed by atoms with Crippen LogP contribution >= 0.6 is 0 Å². The van der Waals surface area contributed by atoms with E-state index in [0.29, 0.717) is 40.2 Å². The van der Waals surface area contributed by atoms with Gasteiger partial charge in [-0.1, -0.05) is 48.5 Å². The van der Waals surface area contributed by atoms with Crippen LogP contribution in [0.5, 0.6) is 23.3 Å². The van der Waals surface area contributed by atoms with Crippen molar-refractivity contribution in [3.05, 3.63) is 71.8 Å². The second-order valence-corrected chi connectivity index (χ2v) is 18.6. The molecule has 69 heavy (non-hydrogen) atoms. The normalized spacial score (nSPS) is 20.0. The lowest BCUT2D eigenvalue weighted by Gasteiger charge is -2.36. The molecule has 6 rings (SSSR count). The third-order valence-corrected chi connectivity index (χ3v) is 11.1. The number of rotatable bonds is 14. The molecule has 2 aromatic carbocycles. The number of methoxy groups -OCH3 is 6. The van der Waals surface area contributed by atoms with Crippen molar-refractivity contribution in [1.29, 1.82) is 0 Å². The first-order chi connectivity index (χ1) is 32.8. The lowest BCUT2D eigenvalue weighted by Crippen LogP contribution is -2.52. The molecule has 0 radical (unpaired) electrons. The van der Waals surface area contributed by atoms with Crippen LogP contribution in [0.2, 0.25) is 0 Å². The maximum absolute atomic E-state index is 12.3. The number of amides is 2. The summed E-state index contributed by atoms with van der Waals surface area (Å²) in [6.07, 6.45) is 5.15. The fourth-order valence-electron chi connectivity index (χ4n) is 7.66. The van der Waals surface area contributed by atoms with Crippen molar-refractivity contribution in [2.24, 2.45) is 5.73 Å². The van der Waals surface area contributed by atoms with Crippen molar-refractivity contribution in [2.75, 3.05) is 42.7 Å². The van der Waals surface area contributed by atoms with Crippen LogP contribution in [0.15, 0.2) is 60.7 Å². The number of nitrogens with zero attached hydrogens (tertiary/aromatic N) is 4. The van der Waals surface area contributed by atoms with Gasteiger partial charge in [-0.05, 0) is 85.6 Å². The number of alkyl carbamates (subject to hydrolysis) is 2. The van der Waals surface area contributed by atoms with Gasteiger partial charge < -0.3 is 59.6 Å². The summed E-state index contributed by atoms with van der Waals surface area (Å²) in [5.74, 6) is 1.75. The van der Waals surface area contributed by atoms with E-state index in [4.69, 9.17) is 43.6 Å². The Morgan fingerprint density at radius 3 is 1.49 bits per heavy atom. The number of nitrogens with one attached hydrogen (secondary N) is 3. The van der Waals surface area contributed by atoms with Crippen LogP contribution in [0, 0.1) is 0 Å². The Balaban J connectivity index is 0.000000249. The smallest absolute Gasteiger partial charge is 0.407 e. The lowest BCUT2D eigenvalue weighted by atomic mass is 9.88. The molecule has 2 heterocycles. The van der Waals surface area contributed by atoms with Crippen LogP contribution in [-0.2, 0) is 25.5 Å². The van der Waals surface area contributed by atoms with Crippen LogP contribution in [0.25, 0.3) is 22.5 Å². The summed E-state index contributed by atoms with van der Waals surface area (Å²) in [6.45, 7) is 11.8. The number of aldehydes is 1. The minimum absolute atomic E-state index is 0.0209. The molecule has 2 aliphatic rings. The van der Waals surface area contributed by atoms with Crippen LogP contribution < -0.4 is 40.6 Å². The second-order valence-electron chi connectivity index (χ2n) is 18.6. The topological polar surface area (TPSA) is 239 Å². The molecule has 4 aromatic rings. The monoisotopic (exact) mass is 961 g/mol. The molecule has 2 aliphatic carbocycles. The van der Waals surface area contributed by atoms with Gasteiger partial charge in [-0.2, -0.15) is 0 Å². The maximum Gasteiger partial charge on any atom is 0.407 e. The Labute approximate surface area is 406 Å². The molecule has 2 aromatic heterocycles. The van der Waals surface area contributed by atoms with Gasteiger partial charge in [0.1, 0.15) is 17.5 Å². The van der Waals surface area contributed by atoms with Crippen molar-refractivity contribution in [1.82, 2.24) is 36.3 Å². The highest BCUT2D eigenvalue weighted by atomic mass is 16.6. The third-order valence-electron chi connectivity index (χ3n) is 11.1. The van der Waals surface area contributed by atoms with Crippen molar-refractivity contribution >= 4 is 18.5 Å². The predicted molar refractivity (Wildman–Crippen MR) is 261 cm³/mol. The largest absolute Gasteiger partial charge is 0.491 e. The predicted octanol–water partition coefficient (Wildman–Crippen LogP) is 7.09. The number of aromatic nitrogens is 4. The molecular weight excluding hydrogens is 889 g/mol. The van der Waals surface area contributed by atoms with Crippen molar-refractivity contribution in [3.8, 4) is 45.8 Å². The molecule has 0 spiro atoms. The van der Waals surface area contributed by atoms with Gasteiger partial charge in [0.15, 0.2) is 11.5 Å². The summed E-state index contributed by atoms with van der Waals surface area (Å²) < 4.78 is 42.3. The molecule has 0 unspecified atom stereocenters. The van der Waals surface area contributed by atoms with E-state index in [2.05, 4.69) is 48.5 Å². The van der Waals surface area contributed by atoms with E-state index >= 15 is 0 Å². The highest BCUT2D eigenvalue weighted by Crippen LogP contribution is 2.30. The van der Waals surface area contributed by atoms with Gasteiger partial charge >= 0.3 is 12.2 Å². The standard InChI is InChI=1S/C25H36N4O5.C13H12N2O3.C12H24N2O3/c1-25(2,3)34-24(30)27-20-13-18(11-12-21(20)31-4)26-15-16-7-9-17(10-8-16)19-14-22(32-5)23(33-6)29-28-19;1-17-12-7-11(14-15-13(12)18-2)10-5-3-9(8-16)4-6-10;1-12(2,3)17-11(15)14-9-7-8(13)5-6-10(9)16-4/h7-10,14,18,20-21,26H,11-13,15H2,1-6H3,(H,27,30);3-8H,1-2H3;8-10H,5-7,13H2,1-4H3,(H,14,15)/t18-,20-,21-;;8-,9-,10-/m0.0/s1. The van der Waals surface area contributed by atoms with Gasteiger partial charge in [0, 0.05) is 61.7 Å². The molecular formula is C50H72N8O11. The van der Waals surface area contributed by atoms with Crippen LogP contribution in [0.3, 0.4) is 0 Å². The van der Waals surface area contributed by atoms with Crippen molar-refractivity contribution < 1.29 is 52.3 Å². The van der Waals surface area contributed by atoms with E-state index in [0.717, 1.165) is 68.0 Å². The van der Waals surface area contributed by atoms with Gasteiger partial charge in [-0.15, -0.1) is 20.4 Å². The average Bonchev–Trinajstić information content (AvgIpc) is 3.32. The number of hydrogen-bond acceptors (Lipinski definition) is 17. The Kier molecular flexibility index (Phi) is 21.3. The van der Waals surface area contributed by atoms with E-state index in [1.807, 2.05) is 59.7 Å². The zero-order valence-corrected chi connectivity index (χ0v) is 42.1. The van der Waals surface area contributed by atoms with Gasteiger partial charge in [0.05, 0.1) is 64.1 Å². The second kappa shape index (κ2) is 26.6. The summed E-state index contributed by atoms with van der Waals surface area (Å²) >= 11 is 0. The first-order valence-corrected chi connectivity index (χ1v) is 22.9. The first kappa shape index (κ1) is 55.4. The zero-order valence-electron chi connectivity index (χ0n) is 42.1. The number of ether oxygens (including phenoxy) is 8. The summed E-state index contributed by atoms with van der Waals surface area (Å²) in [5, 5.41) is 25.7.